The highest BCUT2D eigenvalue weighted by molar-refractivity contribution is 7.91. The molecule has 2 aromatic rings. The van der Waals surface area contributed by atoms with Gasteiger partial charge in [-0.05, 0) is 36.8 Å². The van der Waals surface area contributed by atoms with Crippen LogP contribution in [0.1, 0.15) is 11.3 Å². The first-order valence-corrected chi connectivity index (χ1v) is 9.05. The Hall–Kier alpha value is -2.39. The minimum absolute atomic E-state index is 0.0413. The number of carbonyl (C=O) groups excluding carboxylic acids is 1. The standard InChI is InChI=1S/C15H15ClFN3O4S/c1-9-2-5-13(15(22)20(9)7-14(18)21)19-25(23,24)8-10-3-4-11(17)6-12(10)16/h2-6,19H,7-8H2,1H3,(H2,18,21). The Bertz CT molecular complexity index is 989. The smallest absolute Gasteiger partial charge is 0.275 e. The van der Waals surface area contributed by atoms with Crippen molar-refractivity contribution in [1.29, 1.82) is 0 Å². The molecule has 0 aliphatic rings. The molecule has 1 amide bonds. The summed E-state index contributed by atoms with van der Waals surface area (Å²) in [6.07, 6.45) is 0. The van der Waals surface area contributed by atoms with E-state index in [1.54, 1.807) is 6.92 Å². The predicted molar refractivity (Wildman–Crippen MR) is 92.3 cm³/mol. The number of pyridine rings is 1. The van der Waals surface area contributed by atoms with E-state index in [-0.39, 0.29) is 22.8 Å². The number of aryl methyl sites for hydroxylation is 1. The van der Waals surface area contributed by atoms with Crippen molar-refractivity contribution in [2.75, 3.05) is 4.72 Å². The summed E-state index contributed by atoms with van der Waals surface area (Å²) in [4.78, 5) is 23.4. The van der Waals surface area contributed by atoms with E-state index < -0.39 is 33.1 Å². The number of halogens is 2. The molecule has 0 radical (unpaired) electrons. The number of anilines is 1. The molecule has 0 aliphatic heterocycles. The highest BCUT2D eigenvalue weighted by Gasteiger charge is 2.17. The van der Waals surface area contributed by atoms with Crippen LogP contribution in [0.5, 0.6) is 0 Å². The molecular weight excluding hydrogens is 373 g/mol. The first-order chi connectivity index (χ1) is 11.6. The molecule has 0 aliphatic carbocycles. The lowest BCUT2D eigenvalue weighted by atomic mass is 10.2. The van der Waals surface area contributed by atoms with Gasteiger partial charge in [0, 0.05) is 10.7 Å². The second-order valence-electron chi connectivity index (χ2n) is 5.34. The molecule has 0 atom stereocenters. The predicted octanol–water partition coefficient (Wildman–Crippen LogP) is 1.38. The molecule has 0 bridgehead atoms. The van der Waals surface area contributed by atoms with E-state index in [1.165, 1.54) is 18.2 Å². The average Bonchev–Trinajstić information content (AvgIpc) is 2.49. The normalized spacial score (nSPS) is 11.3. The molecule has 134 valence electrons. The van der Waals surface area contributed by atoms with Crippen LogP contribution in [0.2, 0.25) is 5.02 Å². The second-order valence-corrected chi connectivity index (χ2v) is 7.47. The molecule has 1 heterocycles. The Kier molecular flexibility index (Phi) is 5.48. The lowest BCUT2D eigenvalue weighted by Gasteiger charge is -2.12. The zero-order valence-corrected chi connectivity index (χ0v) is 14.7. The molecule has 2 rings (SSSR count). The zero-order valence-electron chi connectivity index (χ0n) is 13.1. The number of carbonyl (C=O) groups is 1. The van der Waals surface area contributed by atoms with Crippen LogP contribution in [0.15, 0.2) is 35.1 Å². The van der Waals surface area contributed by atoms with Gasteiger partial charge in [-0.15, -0.1) is 0 Å². The van der Waals surface area contributed by atoms with Crippen LogP contribution < -0.4 is 16.0 Å². The van der Waals surface area contributed by atoms with E-state index >= 15 is 0 Å². The molecule has 0 spiro atoms. The lowest BCUT2D eigenvalue weighted by Crippen LogP contribution is -2.32. The third-order valence-corrected chi connectivity index (χ3v) is 4.91. The second kappa shape index (κ2) is 7.24. The maximum atomic E-state index is 13.0. The van der Waals surface area contributed by atoms with Crippen LogP contribution in [-0.2, 0) is 27.1 Å². The Morgan fingerprint density at radius 1 is 1.32 bits per heavy atom. The van der Waals surface area contributed by atoms with Crippen LogP contribution in [-0.4, -0.2) is 18.9 Å². The highest BCUT2D eigenvalue weighted by atomic mass is 35.5. The first kappa shape index (κ1) is 18.9. The molecule has 25 heavy (non-hydrogen) atoms. The van der Waals surface area contributed by atoms with E-state index in [0.717, 1.165) is 16.7 Å². The SMILES string of the molecule is Cc1ccc(NS(=O)(=O)Cc2ccc(F)cc2Cl)c(=O)n1CC(N)=O. The van der Waals surface area contributed by atoms with Crippen LogP contribution in [0.25, 0.3) is 0 Å². The van der Waals surface area contributed by atoms with Gasteiger partial charge in [0.1, 0.15) is 18.0 Å². The monoisotopic (exact) mass is 387 g/mol. The summed E-state index contributed by atoms with van der Waals surface area (Å²) in [5, 5.41) is -0.0413. The van der Waals surface area contributed by atoms with Crippen molar-refractivity contribution in [2.24, 2.45) is 5.73 Å². The van der Waals surface area contributed by atoms with Crippen molar-refractivity contribution in [1.82, 2.24) is 4.57 Å². The Morgan fingerprint density at radius 2 is 2.00 bits per heavy atom. The van der Waals surface area contributed by atoms with Gasteiger partial charge in [-0.1, -0.05) is 17.7 Å². The zero-order chi connectivity index (χ0) is 18.8. The number of nitrogens with zero attached hydrogens (tertiary/aromatic N) is 1. The molecule has 0 saturated heterocycles. The van der Waals surface area contributed by atoms with Crippen molar-refractivity contribution in [3.05, 3.63) is 62.8 Å². The molecule has 3 N–H and O–H groups in total. The van der Waals surface area contributed by atoms with Crippen LogP contribution in [0, 0.1) is 12.7 Å². The van der Waals surface area contributed by atoms with Gasteiger partial charge in [0.15, 0.2) is 0 Å². The van der Waals surface area contributed by atoms with Crippen molar-refractivity contribution >= 4 is 33.2 Å². The molecule has 0 saturated carbocycles. The largest absolute Gasteiger partial charge is 0.368 e. The summed E-state index contributed by atoms with van der Waals surface area (Å²) in [6.45, 7) is 1.21. The number of hydrogen-bond donors (Lipinski definition) is 2. The number of nitrogens with one attached hydrogen (secondary N) is 1. The Morgan fingerprint density at radius 3 is 2.60 bits per heavy atom. The van der Waals surface area contributed by atoms with E-state index in [0.29, 0.717) is 5.69 Å². The van der Waals surface area contributed by atoms with Crippen LogP contribution >= 0.6 is 11.6 Å². The highest BCUT2D eigenvalue weighted by Crippen LogP contribution is 2.20. The molecule has 1 aromatic heterocycles. The van der Waals surface area contributed by atoms with Gasteiger partial charge in [-0.25, -0.2) is 12.8 Å². The molecule has 0 unspecified atom stereocenters. The number of primary amides is 1. The Balaban J connectivity index is 2.32. The number of amides is 1. The third-order valence-electron chi connectivity index (χ3n) is 3.33. The molecule has 7 nitrogen and oxygen atoms in total. The first-order valence-electron chi connectivity index (χ1n) is 7.02. The summed E-state index contributed by atoms with van der Waals surface area (Å²) < 4.78 is 40.8. The minimum Gasteiger partial charge on any atom is -0.368 e. The van der Waals surface area contributed by atoms with Crippen LogP contribution in [0.4, 0.5) is 10.1 Å². The summed E-state index contributed by atoms with van der Waals surface area (Å²) in [5.74, 6) is -1.87. The maximum absolute atomic E-state index is 13.0. The lowest BCUT2D eigenvalue weighted by molar-refractivity contribution is -0.118. The molecule has 10 heteroatoms. The van der Waals surface area contributed by atoms with Gasteiger partial charge in [0.2, 0.25) is 15.9 Å². The molecule has 1 aromatic carbocycles. The Labute approximate surface area is 148 Å². The van der Waals surface area contributed by atoms with E-state index in [2.05, 4.69) is 4.72 Å². The summed E-state index contributed by atoms with van der Waals surface area (Å²) in [7, 11) is -3.99. The van der Waals surface area contributed by atoms with Gasteiger partial charge in [0.05, 0.1) is 5.75 Å². The van der Waals surface area contributed by atoms with Gasteiger partial charge in [-0.3, -0.25) is 14.3 Å². The van der Waals surface area contributed by atoms with Gasteiger partial charge in [0.25, 0.3) is 5.56 Å². The average molecular weight is 388 g/mol. The van der Waals surface area contributed by atoms with E-state index in [9.17, 15) is 22.4 Å². The minimum atomic E-state index is -3.99. The summed E-state index contributed by atoms with van der Waals surface area (Å²) in [6, 6.07) is 6.10. The summed E-state index contributed by atoms with van der Waals surface area (Å²) >= 11 is 5.82. The quantitative estimate of drug-likeness (QED) is 0.779. The third kappa shape index (κ3) is 4.80. The van der Waals surface area contributed by atoms with Crippen molar-refractivity contribution < 1.29 is 17.6 Å². The van der Waals surface area contributed by atoms with Crippen molar-refractivity contribution in [2.45, 2.75) is 19.2 Å². The molecular formula is C15H15ClFN3O4S. The molecule has 0 fully saturated rings. The van der Waals surface area contributed by atoms with Crippen LogP contribution in [0.3, 0.4) is 0 Å². The fraction of sp³-hybridized carbons (Fsp3) is 0.200. The number of sulfonamides is 1. The topological polar surface area (TPSA) is 111 Å². The van der Waals surface area contributed by atoms with Gasteiger partial charge < -0.3 is 10.3 Å². The van der Waals surface area contributed by atoms with E-state index in [1.807, 2.05) is 0 Å². The maximum Gasteiger partial charge on any atom is 0.275 e. The number of aromatic nitrogens is 1. The number of rotatable bonds is 6. The van der Waals surface area contributed by atoms with Gasteiger partial charge >= 0.3 is 0 Å². The van der Waals surface area contributed by atoms with E-state index in [4.69, 9.17) is 17.3 Å². The number of hydrogen-bond acceptors (Lipinski definition) is 4. The number of benzene rings is 1. The van der Waals surface area contributed by atoms with Crippen molar-refractivity contribution in [3.8, 4) is 0 Å². The summed E-state index contributed by atoms with van der Waals surface area (Å²) in [5.41, 5.74) is 4.79. The van der Waals surface area contributed by atoms with Crippen molar-refractivity contribution in [3.63, 3.8) is 0 Å². The fourth-order valence-electron chi connectivity index (χ4n) is 2.15. The fourth-order valence-corrected chi connectivity index (χ4v) is 3.68. The van der Waals surface area contributed by atoms with Gasteiger partial charge in [-0.2, -0.15) is 0 Å². The number of nitrogens with two attached hydrogens (primary N) is 1.